The molecule has 0 saturated heterocycles. The Morgan fingerprint density at radius 1 is 0.418 bits per heavy atom. The van der Waals surface area contributed by atoms with Gasteiger partial charge in [0.2, 0.25) is 0 Å². The van der Waals surface area contributed by atoms with Crippen LogP contribution in [0.25, 0.3) is 109 Å². The maximum absolute atomic E-state index is 11.8. The molecule has 4 heterocycles. The molecule has 0 saturated carbocycles. The highest BCUT2D eigenvalue weighted by Gasteiger charge is 2.16. The SMILES string of the molecule is COCCOCCOCCC(C)(C)C.COCCOCCOCCOS(=O)(=O)c1ccc(C)cc1.Cn1c2ccccc2c2cc(-c3ccc4c(c3)c3ccccc3n4C)ccc21.[2H]CF.c1ccc2c(c1)[nH]c1ccc(-c3ccc4[nH]c5ccccc5c4c3)cc12. The second-order valence-corrected chi connectivity index (χ2v) is 24.9. The number of benzene rings is 9. The number of fused-ring (bicyclic) bond motifs is 12. The van der Waals surface area contributed by atoms with Gasteiger partial charge >= 0.3 is 0 Å². The lowest BCUT2D eigenvalue weighted by Gasteiger charge is -2.17. The topological polar surface area (TPSA) is 140 Å². The van der Waals surface area contributed by atoms with Gasteiger partial charge in [-0.1, -0.05) is 136 Å². The number of rotatable bonds is 21. The van der Waals surface area contributed by atoms with Gasteiger partial charge in [-0.2, -0.15) is 8.42 Å². The molecule has 0 spiro atoms. The lowest BCUT2D eigenvalue weighted by Crippen LogP contribution is -2.14. The summed E-state index contributed by atoms with van der Waals surface area (Å²) in [6.45, 7) is 14.0. The van der Waals surface area contributed by atoms with Crippen LogP contribution < -0.4 is 0 Å². The van der Waals surface area contributed by atoms with Gasteiger partial charge in [0.15, 0.2) is 0 Å². The number of nitrogens with one attached hydrogen (secondary N) is 2. The number of aromatic amines is 2. The standard InChI is InChI=1S/C26H20N2.C24H16N2.C14H22O6S.C11H24O3.CH3F/c1-27-23-9-5-3-7-19(23)21-15-17(11-13-25(21)27)18-12-14-26-22(16-18)20-8-4-6-10-24(20)28(26)2;1-3-7-21-17(5-1)19-13-15(9-11-23(19)25-21)16-10-12-24-20(14-16)18-6-2-4-8-22(18)26-24;1-13-3-5-14(6-4-13)21(15,16)20-12-11-19-10-9-18-8-7-17-2;1-11(2,3)5-6-13-9-10-14-8-7-12-4;1-2/h3-16H,1-2H3;1-14,25-26H;3-6H,7-12H2,1-2H3;5-10H2,1-4H3;1H3/i;;;;1D. The van der Waals surface area contributed by atoms with Crippen molar-refractivity contribution >= 4 is 97.3 Å². The minimum atomic E-state index is -3.71. The average Bonchev–Trinajstić information content (AvgIpc) is 1.63. The van der Waals surface area contributed by atoms with Gasteiger partial charge in [-0.3, -0.25) is 8.57 Å². The molecular weight excluding hydrogens is 1160 g/mol. The van der Waals surface area contributed by atoms with E-state index in [1.54, 1.807) is 26.4 Å². The number of H-pyrrole nitrogens is 2. The summed E-state index contributed by atoms with van der Waals surface area (Å²) in [5.74, 6) is 0. The van der Waals surface area contributed by atoms with E-state index in [1.807, 2.05) is 6.92 Å². The summed E-state index contributed by atoms with van der Waals surface area (Å²) in [4.78, 5) is 7.15. The van der Waals surface area contributed by atoms with Crippen molar-refractivity contribution < 1.29 is 46.8 Å². The Kier molecular flexibility index (Phi) is 23.2. The molecule has 0 radical (unpaired) electrons. The highest BCUT2D eigenvalue weighted by atomic mass is 32.2. The van der Waals surface area contributed by atoms with Crippen molar-refractivity contribution in [2.45, 2.75) is 39.0 Å². The molecule has 0 unspecified atom stereocenters. The molecule has 0 aliphatic carbocycles. The Morgan fingerprint density at radius 2 is 0.758 bits per heavy atom. The molecule has 476 valence electrons. The molecule has 0 bridgehead atoms. The Bertz CT molecular complexity index is 4380. The first-order valence-corrected chi connectivity index (χ1v) is 32.1. The number of ether oxygens (including phenoxy) is 6. The quantitative estimate of drug-likeness (QED) is 0.0531. The number of methoxy groups -OCH3 is 2. The predicted octanol–water partition coefficient (Wildman–Crippen LogP) is 17.3. The van der Waals surface area contributed by atoms with Crippen molar-refractivity contribution in [1.82, 2.24) is 19.1 Å². The third-order valence-electron chi connectivity index (χ3n) is 15.9. The second kappa shape index (κ2) is 32.2. The first-order chi connectivity index (χ1) is 44.6. The van der Waals surface area contributed by atoms with Gasteiger partial charge in [0.25, 0.3) is 10.1 Å². The normalized spacial score (nSPS) is 11.8. The Balaban J connectivity index is 0.000000147. The van der Waals surface area contributed by atoms with E-state index in [-0.39, 0.29) is 18.1 Å². The van der Waals surface area contributed by atoms with Crippen LogP contribution in [0.15, 0.2) is 199 Å². The summed E-state index contributed by atoms with van der Waals surface area (Å²) >= 11 is 0. The van der Waals surface area contributed by atoms with E-state index in [0.29, 0.717) is 58.3 Å². The molecule has 9 aromatic carbocycles. The van der Waals surface area contributed by atoms with Crippen molar-refractivity contribution in [2.75, 3.05) is 94.0 Å². The molecule has 0 fully saturated rings. The minimum Gasteiger partial charge on any atom is -0.382 e. The van der Waals surface area contributed by atoms with Crippen molar-refractivity contribution in [2.24, 2.45) is 19.5 Å². The molecule has 4 aromatic heterocycles. The molecule has 0 aliphatic rings. The van der Waals surface area contributed by atoms with Gasteiger partial charge in [0, 0.05) is 122 Å². The van der Waals surface area contributed by atoms with Gasteiger partial charge in [0.05, 0.1) is 79.5 Å². The van der Waals surface area contributed by atoms with Crippen LogP contribution in [0.4, 0.5) is 4.39 Å². The lowest BCUT2D eigenvalue weighted by molar-refractivity contribution is 0.0184. The third-order valence-corrected chi connectivity index (χ3v) is 17.2. The average molecular weight is 1250 g/mol. The minimum absolute atomic E-state index is 0.0196. The fourth-order valence-corrected chi connectivity index (χ4v) is 11.9. The number of hydrogen-bond acceptors (Lipinski definition) is 9. The number of para-hydroxylation sites is 4. The van der Waals surface area contributed by atoms with Crippen molar-refractivity contribution in [3.8, 4) is 22.3 Å². The van der Waals surface area contributed by atoms with Crippen LogP contribution in [-0.2, 0) is 56.8 Å². The monoisotopic (exact) mass is 1250 g/mol. The number of halogens is 1. The number of alkyl halides is 1. The first kappa shape index (κ1) is 65.7. The number of aryl methyl sites for hydroxylation is 3. The van der Waals surface area contributed by atoms with Crippen molar-refractivity contribution in [1.29, 1.82) is 0 Å². The second-order valence-electron chi connectivity index (χ2n) is 23.3. The molecular formula is C76H85FN4O9S. The lowest BCUT2D eigenvalue weighted by atomic mass is 9.93. The smallest absolute Gasteiger partial charge is 0.297 e. The largest absolute Gasteiger partial charge is 0.382 e. The van der Waals surface area contributed by atoms with E-state index in [1.165, 1.54) is 122 Å². The van der Waals surface area contributed by atoms with Gasteiger partial charge in [0.1, 0.15) is 0 Å². The highest BCUT2D eigenvalue weighted by Crippen LogP contribution is 2.37. The van der Waals surface area contributed by atoms with E-state index in [9.17, 15) is 12.8 Å². The molecule has 0 amide bonds. The fraction of sp³-hybridized carbons (Fsp3) is 0.289. The van der Waals surface area contributed by atoms with Crippen LogP contribution in [-0.4, -0.2) is 122 Å². The number of hydrogen-bond donors (Lipinski definition) is 2. The van der Waals surface area contributed by atoms with Gasteiger partial charge in [-0.15, -0.1) is 0 Å². The van der Waals surface area contributed by atoms with Gasteiger partial charge < -0.3 is 47.5 Å². The fourth-order valence-electron chi connectivity index (χ4n) is 11.0. The summed E-state index contributed by atoms with van der Waals surface area (Å²) in [6.07, 6.45) is 1.09. The molecule has 13 nitrogen and oxygen atoms in total. The highest BCUT2D eigenvalue weighted by molar-refractivity contribution is 7.86. The molecule has 0 aliphatic heterocycles. The van der Waals surface area contributed by atoms with Gasteiger partial charge in [-0.25, -0.2) is 0 Å². The number of nitrogens with zero attached hydrogens (tertiary/aromatic N) is 2. The van der Waals surface area contributed by atoms with Gasteiger partial charge in [-0.05, 0) is 126 Å². The van der Waals surface area contributed by atoms with Crippen LogP contribution in [0.3, 0.4) is 0 Å². The first-order valence-electron chi connectivity index (χ1n) is 31.4. The zero-order chi connectivity index (χ0) is 65.0. The van der Waals surface area contributed by atoms with E-state index >= 15 is 0 Å². The van der Waals surface area contributed by atoms with E-state index in [0.717, 1.165) is 18.6 Å². The maximum Gasteiger partial charge on any atom is 0.297 e. The van der Waals surface area contributed by atoms with Crippen LogP contribution in [0.5, 0.6) is 0 Å². The Labute approximate surface area is 535 Å². The molecule has 2 N–H and O–H groups in total. The molecule has 0 atom stereocenters. The van der Waals surface area contributed by atoms with Crippen molar-refractivity contribution in [3.63, 3.8) is 0 Å². The van der Waals surface area contributed by atoms with Crippen molar-refractivity contribution in [3.05, 3.63) is 200 Å². The predicted molar refractivity (Wildman–Crippen MR) is 373 cm³/mol. The summed E-state index contributed by atoms with van der Waals surface area (Å²) < 4.78 is 79.4. The Hall–Kier alpha value is -8.22. The molecule has 13 aromatic rings. The van der Waals surface area contributed by atoms with Crippen LogP contribution in [0, 0.1) is 12.3 Å². The Morgan fingerprint density at radius 3 is 1.19 bits per heavy atom. The van der Waals surface area contributed by atoms with Crippen LogP contribution in [0.1, 0.15) is 34.1 Å². The van der Waals surface area contributed by atoms with E-state index in [2.05, 4.69) is 224 Å². The summed E-state index contributed by atoms with van der Waals surface area (Å²) in [5.41, 5.74) is 16.2. The molecule has 91 heavy (non-hydrogen) atoms. The zero-order valence-corrected chi connectivity index (χ0v) is 54.3. The van der Waals surface area contributed by atoms with Crippen LogP contribution >= 0.6 is 0 Å². The zero-order valence-electron chi connectivity index (χ0n) is 54.5. The van der Waals surface area contributed by atoms with E-state index < -0.39 is 17.3 Å². The summed E-state index contributed by atoms with van der Waals surface area (Å²) in [7, 11) is 2.85. The summed E-state index contributed by atoms with van der Waals surface area (Å²) in [6, 6.07) is 67.8. The van der Waals surface area contributed by atoms with E-state index in [4.69, 9.17) is 34.0 Å². The molecule has 15 heteroatoms. The van der Waals surface area contributed by atoms with Crippen LogP contribution in [0.2, 0.25) is 0 Å². The maximum atomic E-state index is 11.8. The molecule has 13 rings (SSSR count). The number of aromatic nitrogens is 4. The third kappa shape index (κ3) is 17.0. The summed E-state index contributed by atoms with van der Waals surface area (Å²) in [5, 5.41) is 10.4.